The van der Waals surface area contributed by atoms with E-state index in [1.807, 2.05) is 20.8 Å². The number of hydrogen-bond acceptors (Lipinski definition) is 6. The summed E-state index contributed by atoms with van der Waals surface area (Å²) in [5.41, 5.74) is -0.231. The highest BCUT2D eigenvalue weighted by Crippen LogP contribution is 2.51. The van der Waals surface area contributed by atoms with Crippen molar-refractivity contribution in [3.63, 3.8) is 0 Å². The lowest BCUT2D eigenvalue weighted by atomic mass is 9.92. The van der Waals surface area contributed by atoms with Crippen molar-refractivity contribution in [1.29, 1.82) is 0 Å². The standard InChI is InChI=1S/C20H23BrO6/c1-11(22)26-17-14-9-12(21)7-8-13(14)16(18(24-5)19(17)25-6)27-15(23)10-20(2,3)4/h7-9H,10H2,1-6H3. The molecule has 0 fully saturated rings. The molecular formula is C20H23BrO6. The Hall–Kier alpha value is -2.28. The van der Waals surface area contributed by atoms with Crippen LogP contribution in [-0.2, 0) is 9.59 Å². The molecule has 0 aliphatic heterocycles. The second kappa shape index (κ2) is 8.17. The van der Waals surface area contributed by atoms with Gasteiger partial charge in [0.25, 0.3) is 0 Å². The predicted octanol–water partition coefficient (Wildman–Crippen LogP) is 4.89. The Morgan fingerprint density at radius 3 is 1.96 bits per heavy atom. The highest BCUT2D eigenvalue weighted by molar-refractivity contribution is 9.10. The zero-order chi connectivity index (χ0) is 20.4. The second-order valence-corrected chi connectivity index (χ2v) is 8.14. The molecule has 7 heteroatoms. The van der Waals surface area contributed by atoms with Crippen molar-refractivity contribution in [2.24, 2.45) is 5.41 Å². The van der Waals surface area contributed by atoms with Gasteiger partial charge in [0.05, 0.1) is 20.6 Å². The third-order valence-corrected chi connectivity index (χ3v) is 4.13. The van der Waals surface area contributed by atoms with Crippen molar-refractivity contribution in [2.75, 3.05) is 14.2 Å². The van der Waals surface area contributed by atoms with Gasteiger partial charge in [0.1, 0.15) is 0 Å². The van der Waals surface area contributed by atoms with Crippen LogP contribution in [0.3, 0.4) is 0 Å². The molecule has 0 aromatic heterocycles. The van der Waals surface area contributed by atoms with Crippen LogP contribution >= 0.6 is 15.9 Å². The van der Waals surface area contributed by atoms with Crippen LogP contribution in [0.1, 0.15) is 34.1 Å². The van der Waals surface area contributed by atoms with E-state index in [2.05, 4.69) is 15.9 Å². The third kappa shape index (κ3) is 4.91. The quantitative estimate of drug-likeness (QED) is 0.488. The number of carbonyl (C=O) groups is 2. The first-order valence-corrected chi connectivity index (χ1v) is 9.13. The van der Waals surface area contributed by atoms with Crippen molar-refractivity contribution in [1.82, 2.24) is 0 Å². The van der Waals surface area contributed by atoms with Gasteiger partial charge in [-0.15, -0.1) is 0 Å². The number of halogens is 1. The lowest BCUT2D eigenvalue weighted by molar-refractivity contribution is -0.136. The molecule has 0 atom stereocenters. The number of carbonyl (C=O) groups excluding carboxylic acids is 2. The van der Waals surface area contributed by atoms with E-state index in [0.29, 0.717) is 10.8 Å². The maximum absolute atomic E-state index is 12.5. The van der Waals surface area contributed by atoms with E-state index in [0.717, 1.165) is 4.47 Å². The molecule has 27 heavy (non-hydrogen) atoms. The largest absolute Gasteiger partial charge is 0.490 e. The van der Waals surface area contributed by atoms with Crippen LogP contribution in [0.15, 0.2) is 22.7 Å². The summed E-state index contributed by atoms with van der Waals surface area (Å²) < 4.78 is 22.7. The van der Waals surface area contributed by atoms with Gasteiger partial charge in [-0.25, -0.2) is 0 Å². The first kappa shape index (κ1) is 21.0. The van der Waals surface area contributed by atoms with Crippen molar-refractivity contribution in [2.45, 2.75) is 34.1 Å². The Morgan fingerprint density at radius 2 is 1.48 bits per heavy atom. The fraction of sp³-hybridized carbons (Fsp3) is 0.400. The SMILES string of the molecule is COc1c(OC)c(OC(=O)CC(C)(C)C)c2ccc(Br)cc2c1OC(C)=O. The molecule has 0 amide bonds. The Kier molecular flexibility index (Phi) is 6.36. The molecule has 0 bridgehead atoms. The normalized spacial score (nSPS) is 11.2. The van der Waals surface area contributed by atoms with Gasteiger partial charge in [0, 0.05) is 22.2 Å². The average Bonchev–Trinajstić information content (AvgIpc) is 2.54. The minimum Gasteiger partial charge on any atom is -0.490 e. The maximum Gasteiger partial charge on any atom is 0.311 e. The molecule has 0 saturated carbocycles. The minimum atomic E-state index is -0.505. The van der Waals surface area contributed by atoms with Gasteiger partial charge >= 0.3 is 11.9 Å². The molecule has 0 spiro atoms. The first-order valence-electron chi connectivity index (χ1n) is 8.33. The fourth-order valence-electron chi connectivity index (χ4n) is 2.65. The maximum atomic E-state index is 12.5. The Morgan fingerprint density at radius 1 is 0.926 bits per heavy atom. The van der Waals surface area contributed by atoms with Gasteiger partial charge in [-0.1, -0.05) is 36.7 Å². The van der Waals surface area contributed by atoms with Crippen molar-refractivity contribution in [3.8, 4) is 23.0 Å². The number of methoxy groups -OCH3 is 2. The molecule has 2 aromatic rings. The summed E-state index contributed by atoms with van der Waals surface area (Å²) in [7, 11) is 2.86. The fourth-order valence-corrected chi connectivity index (χ4v) is 3.01. The summed E-state index contributed by atoms with van der Waals surface area (Å²) in [4.78, 5) is 24.1. The van der Waals surface area contributed by atoms with E-state index in [1.165, 1.54) is 21.1 Å². The summed E-state index contributed by atoms with van der Waals surface area (Å²) in [5, 5.41) is 1.12. The second-order valence-electron chi connectivity index (χ2n) is 7.22. The highest BCUT2D eigenvalue weighted by Gasteiger charge is 2.27. The van der Waals surface area contributed by atoms with Crippen molar-refractivity contribution < 1.29 is 28.5 Å². The number of benzene rings is 2. The van der Waals surface area contributed by atoms with Crippen LogP contribution in [0.5, 0.6) is 23.0 Å². The number of hydrogen-bond donors (Lipinski definition) is 0. The first-order chi connectivity index (χ1) is 12.6. The van der Waals surface area contributed by atoms with Crippen LogP contribution in [0.4, 0.5) is 0 Å². The lowest BCUT2D eigenvalue weighted by Gasteiger charge is -2.21. The van der Waals surface area contributed by atoms with Crippen LogP contribution in [0.2, 0.25) is 0 Å². The summed E-state index contributed by atoms with van der Waals surface area (Å²) in [6.07, 6.45) is 0.224. The molecule has 0 N–H and O–H groups in total. The van der Waals surface area contributed by atoms with Gasteiger partial charge in [-0.3, -0.25) is 9.59 Å². The summed E-state index contributed by atoms with van der Waals surface area (Å²) in [6.45, 7) is 7.15. The molecule has 146 valence electrons. The van der Waals surface area contributed by atoms with Gasteiger partial charge < -0.3 is 18.9 Å². The van der Waals surface area contributed by atoms with E-state index in [4.69, 9.17) is 18.9 Å². The molecule has 0 saturated heterocycles. The topological polar surface area (TPSA) is 71.1 Å². The number of esters is 2. The van der Waals surface area contributed by atoms with Gasteiger partial charge in [-0.2, -0.15) is 0 Å². The molecule has 0 heterocycles. The number of rotatable bonds is 5. The number of ether oxygens (including phenoxy) is 4. The van der Waals surface area contributed by atoms with Gasteiger partial charge in [0.2, 0.25) is 11.5 Å². The van der Waals surface area contributed by atoms with E-state index < -0.39 is 11.9 Å². The molecular weight excluding hydrogens is 416 g/mol. The summed E-state index contributed by atoms with van der Waals surface area (Å²) in [6, 6.07) is 5.32. The van der Waals surface area contributed by atoms with Crippen LogP contribution in [0.25, 0.3) is 10.8 Å². The van der Waals surface area contributed by atoms with Crippen LogP contribution < -0.4 is 18.9 Å². The Balaban J connectivity index is 2.75. The molecule has 2 aromatic carbocycles. The Bertz CT molecular complexity index is 882. The molecule has 0 aliphatic rings. The van der Waals surface area contributed by atoms with Gasteiger partial charge in [-0.05, 0) is 23.6 Å². The van der Waals surface area contributed by atoms with Crippen molar-refractivity contribution in [3.05, 3.63) is 22.7 Å². The van der Waals surface area contributed by atoms with Crippen molar-refractivity contribution >= 4 is 38.6 Å². The van der Waals surface area contributed by atoms with E-state index in [9.17, 15) is 9.59 Å². The van der Waals surface area contributed by atoms with E-state index >= 15 is 0 Å². The van der Waals surface area contributed by atoms with Gasteiger partial charge in [0.15, 0.2) is 11.5 Å². The van der Waals surface area contributed by atoms with E-state index in [1.54, 1.807) is 18.2 Å². The summed E-state index contributed by atoms with van der Waals surface area (Å²) >= 11 is 3.41. The monoisotopic (exact) mass is 438 g/mol. The molecule has 6 nitrogen and oxygen atoms in total. The molecule has 0 radical (unpaired) electrons. The minimum absolute atomic E-state index is 0.178. The highest BCUT2D eigenvalue weighted by atomic mass is 79.9. The predicted molar refractivity (Wildman–Crippen MR) is 106 cm³/mol. The zero-order valence-corrected chi connectivity index (χ0v) is 17.9. The zero-order valence-electron chi connectivity index (χ0n) is 16.3. The molecule has 2 rings (SSSR count). The lowest BCUT2D eigenvalue weighted by Crippen LogP contribution is -2.18. The Labute approximate surface area is 166 Å². The van der Waals surface area contributed by atoms with E-state index in [-0.39, 0.29) is 34.8 Å². The smallest absolute Gasteiger partial charge is 0.311 e. The van der Waals surface area contributed by atoms with Crippen LogP contribution in [-0.4, -0.2) is 26.2 Å². The number of fused-ring (bicyclic) bond motifs is 1. The molecule has 0 unspecified atom stereocenters. The summed E-state index contributed by atoms with van der Waals surface area (Å²) in [5.74, 6) is -0.111. The van der Waals surface area contributed by atoms with Crippen LogP contribution in [0, 0.1) is 5.41 Å². The molecule has 0 aliphatic carbocycles. The third-order valence-electron chi connectivity index (χ3n) is 3.63. The average molecular weight is 439 g/mol.